The van der Waals surface area contributed by atoms with Gasteiger partial charge >= 0.3 is 0 Å². The van der Waals surface area contributed by atoms with Crippen LogP contribution in [-0.2, 0) is 0 Å². The lowest BCUT2D eigenvalue weighted by Crippen LogP contribution is -2.08. The highest BCUT2D eigenvalue weighted by Gasteiger charge is 2.19. The molecule has 2 aromatic heterocycles. The molecule has 5 rings (SSSR count). The third-order valence-corrected chi connectivity index (χ3v) is 6.80. The first kappa shape index (κ1) is 30.6. The minimum absolute atomic E-state index is 0.607. The van der Waals surface area contributed by atoms with E-state index in [-0.39, 0.29) is 0 Å². The normalized spacial score (nSPS) is 10.5. The van der Waals surface area contributed by atoms with Gasteiger partial charge in [0.15, 0.2) is 0 Å². The van der Waals surface area contributed by atoms with E-state index >= 15 is 0 Å². The molecule has 0 atom stereocenters. The Morgan fingerprint density at radius 1 is 0.725 bits per heavy atom. The number of nitrogens with one attached hydrogen (secondary N) is 1. The van der Waals surface area contributed by atoms with Crippen LogP contribution in [0.2, 0.25) is 0 Å². The number of hydrogen-bond donors (Lipinski definition) is 1. The Balaban J connectivity index is 0.000000243. The van der Waals surface area contributed by atoms with E-state index in [9.17, 15) is 0 Å². The average molecular weight is 535 g/mol. The van der Waals surface area contributed by atoms with Crippen LogP contribution in [0.15, 0.2) is 97.6 Å². The second kappa shape index (κ2) is 16.2. The van der Waals surface area contributed by atoms with Crippen molar-refractivity contribution in [2.24, 2.45) is 0 Å². The van der Waals surface area contributed by atoms with Crippen molar-refractivity contribution in [1.82, 2.24) is 19.5 Å². The van der Waals surface area contributed by atoms with Crippen molar-refractivity contribution in [2.45, 2.75) is 79.6 Å². The molecule has 0 spiro atoms. The Morgan fingerprint density at radius 2 is 1.38 bits per heavy atom. The Hall–Kier alpha value is -3.92. The quantitative estimate of drug-likeness (QED) is 0.215. The van der Waals surface area contributed by atoms with Crippen LogP contribution < -0.4 is 0 Å². The molecule has 0 fully saturated rings. The summed E-state index contributed by atoms with van der Waals surface area (Å²) in [7, 11) is 0. The van der Waals surface area contributed by atoms with Crippen LogP contribution in [0, 0.1) is 13.8 Å². The summed E-state index contributed by atoms with van der Waals surface area (Å²) in [5, 5.41) is 0. The molecule has 4 nitrogen and oxygen atoms in total. The molecule has 2 heterocycles. The minimum Gasteiger partial charge on any atom is -0.345 e. The van der Waals surface area contributed by atoms with Crippen molar-refractivity contribution < 1.29 is 0 Å². The summed E-state index contributed by atoms with van der Waals surface area (Å²) in [4.78, 5) is 11.9. The van der Waals surface area contributed by atoms with Crippen LogP contribution in [0.3, 0.4) is 0 Å². The monoisotopic (exact) mass is 534 g/mol. The van der Waals surface area contributed by atoms with E-state index in [1.807, 2.05) is 24.5 Å². The van der Waals surface area contributed by atoms with Crippen LogP contribution >= 0.6 is 0 Å². The van der Waals surface area contributed by atoms with Gasteiger partial charge in [0.2, 0.25) is 0 Å². The number of imidazole rings is 2. The van der Waals surface area contributed by atoms with Crippen LogP contribution in [0.5, 0.6) is 0 Å². The van der Waals surface area contributed by atoms with Gasteiger partial charge in [-0.1, -0.05) is 120 Å². The summed E-state index contributed by atoms with van der Waals surface area (Å²) in [5.41, 5.74) is 7.65. The fraction of sp³-hybridized carbons (Fsp3) is 0.333. The second-order valence-corrected chi connectivity index (χ2v) is 10.2. The van der Waals surface area contributed by atoms with Gasteiger partial charge in [0.05, 0.1) is 5.69 Å². The van der Waals surface area contributed by atoms with E-state index in [1.54, 1.807) is 6.20 Å². The van der Waals surface area contributed by atoms with Gasteiger partial charge in [0.1, 0.15) is 11.6 Å². The first-order valence-corrected chi connectivity index (χ1v) is 14.8. The number of aryl methyl sites for hydroxylation is 2. The van der Waals surface area contributed by atoms with Gasteiger partial charge in [0.25, 0.3) is 0 Å². The molecular formula is C36H46N4. The smallest absolute Gasteiger partial charge is 0.144 e. The fourth-order valence-electron chi connectivity index (χ4n) is 5.03. The lowest BCUT2D eigenvalue weighted by atomic mass is 9.88. The zero-order valence-corrected chi connectivity index (χ0v) is 25.2. The molecule has 40 heavy (non-hydrogen) atoms. The maximum atomic E-state index is 4.66. The minimum atomic E-state index is 0.607. The number of aromatic amines is 1. The zero-order valence-electron chi connectivity index (χ0n) is 25.2. The van der Waals surface area contributed by atoms with Gasteiger partial charge < -0.3 is 4.98 Å². The number of hydrogen-bond acceptors (Lipinski definition) is 2. The molecule has 1 N–H and O–H groups in total. The van der Waals surface area contributed by atoms with Gasteiger partial charge in [0, 0.05) is 35.9 Å². The molecule has 210 valence electrons. The summed E-state index contributed by atoms with van der Waals surface area (Å²) in [6, 6.07) is 25.4. The highest BCUT2D eigenvalue weighted by molar-refractivity contribution is 5.62. The standard InChI is InChI=1S/C23H28N2.C10H10N2.C3H8/c1-4-10-19(11-5-2)21-15-9-12-18(3)22(21)25-17-16-24-23(25)20-13-7-6-8-14-20;1-8-4-2-3-5-9(8)10-11-6-7-12-10;1-3-2/h6-9,12-17,19H,4-5,10-11H2,1-3H3;2-7H,1H3,(H,11,12);3H2,1-2H3. The van der Waals surface area contributed by atoms with E-state index < -0.39 is 0 Å². The number of nitrogens with zero attached hydrogens (tertiary/aromatic N) is 3. The van der Waals surface area contributed by atoms with Crippen molar-refractivity contribution in [1.29, 1.82) is 0 Å². The molecule has 0 bridgehead atoms. The lowest BCUT2D eigenvalue weighted by Gasteiger charge is -2.23. The van der Waals surface area contributed by atoms with Gasteiger partial charge in [-0.15, -0.1) is 0 Å². The summed E-state index contributed by atoms with van der Waals surface area (Å²) in [5.74, 6) is 2.56. The molecule has 0 amide bonds. The molecule has 3 aromatic carbocycles. The van der Waals surface area contributed by atoms with Gasteiger partial charge in [-0.25, -0.2) is 9.97 Å². The Bertz CT molecular complexity index is 1380. The first-order valence-electron chi connectivity index (χ1n) is 14.8. The van der Waals surface area contributed by atoms with Crippen LogP contribution in [0.4, 0.5) is 0 Å². The maximum absolute atomic E-state index is 4.66. The topological polar surface area (TPSA) is 46.5 Å². The molecule has 0 unspecified atom stereocenters. The van der Waals surface area contributed by atoms with Crippen molar-refractivity contribution in [3.05, 3.63) is 114 Å². The highest BCUT2D eigenvalue weighted by atomic mass is 15.1. The Labute approximate surface area is 241 Å². The van der Waals surface area contributed by atoms with Crippen LogP contribution in [-0.4, -0.2) is 19.5 Å². The number of aromatic nitrogens is 4. The SMILES string of the molecule is CCC.CCCC(CCC)c1cccc(C)c1-n1ccnc1-c1ccccc1.Cc1ccccc1-c1ncc[nH]1. The highest BCUT2D eigenvalue weighted by Crippen LogP contribution is 2.34. The van der Waals surface area contributed by atoms with Crippen molar-refractivity contribution in [2.75, 3.05) is 0 Å². The third kappa shape index (κ3) is 8.05. The van der Waals surface area contributed by atoms with E-state index in [0.29, 0.717) is 5.92 Å². The van der Waals surface area contributed by atoms with Gasteiger partial charge in [-0.05, 0) is 49.3 Å². The summed E-state index contributed by atoms with van der Waals surface area (Å²) < 4.78 is 2.28. The lowest BCUT2D eigenvalue weighted by molar-refractivity contribution is 0.558. The second-order valence-electron chi connectivity index (χ2n) is 10.2. The number of benzene rings is 3. The van der Waals surface area contributed by atoms with Crippen LogP contribution in [0.1, 0.15) is 82.4 Å². The van der Waals surface area contributed by atoms with E-state index in [1.165, 1.54) is 60.0 Å². The number of H-pyrrole nitrogens is 1. The predicted octanol–water partition coefficient (Wildman–Crippen LogP) is 10.3. The maximum Gasteiger partial charge on any atom is 0.144 e. The molecule has 0 aliphatic rings. The Morgan fingerprint density at radius 3 is 2.00 bits per heavy atom. The van der Waals surface area contributed by atoms with Gasteiger partial charge in [-0.2, -0.15) is 0 Å². The summed E-state index contributed by atoms with van der Waals surface area (Å²) in [6.45, 7) is 13.1. The molecule has 0 aliphatic heterocycles. The first-order chi connectivity index (χ1) is 19.5. The molecule has 0 aliphatic carbocycles. The fourth-order valence-corrected chi connectivity index (χ4v) is 5.03. The number of para-hydroxylation sites is 1. The third-order valence-electron chi connectivity index (χ3n) is 6.80. The number of rotatable bonds is 8. The van der Waals surface area contributed by atoms with E-state index in [2.05, 4.69) is 128 Å². The molecule has 0 saturated heterocycles. The largest absolute Gasteiger partial charge is 0.345 e. The molecule has 4 heteroatoms. The molecule has 0 radical (unpaired) electrons. The van der Waals surface area contributed by atoms with Gasteiger partial charge in [-0.3, -0.25) is 4.57 Å². The zero-order chi connectivity index (χ0) is 28.7. The summed E-state index contributed by atoms with van der Waals surface area (Å²) in [6.07, 6.45) is 13.8. The van der Waals surface area contributed by atoms with E-state index in [0.717, 1.165) is 17.2 Å². The molecule has 5 aromatic rings. The van der Waals surface area contributed by atoms with Crippen LogP contribution in [0.25, 0.3) is 28.5 Å². The van der Waals surface area contributed by atoms with Crippen molar-refractivity contribution in [3.8, 4) is 28.5 Å². The Kier molecular flexibility index (Phi) is 12.4. The predicted molar refractivity (Wildman–Crippen MR) is 171 cm³/mol. The van der Waals surface area contributed by atoms with E-state index in [4.69, 9.17) is 0 Å². The summed E-state index contributed by atoms with van der Waals surface area (Å²) >= 11 is 0. The molecular weight excluding hydrogens is 488 g/mol. The van der Waals surface area contributed by atoms with Crippen molar-refractivity contribution in [3.63, 3.8) is 0 Å². The van der Waals surface area contributed by atoms with Crippen molar-refractivity contribution >= 4 is 0 Å². The average Bonchev–Trinajstić information content (AvgIpc) is 3.67. The molecule has 0 saturated carbocycles.